The minimum Gasteiger partial charge on any atom is -0.225 e. The van der Waals surface area contributed by atoms with Crippen LogP contribution < -0.4 is 0 Å². The Hall–Kier alpha value is -0.640. The maximum absolute atomic E-state index is 11.8. The second-order valence-corrected chi connectivity index (χ2v) is 7.91. The van der Waals surface area contributed by atoms with Gasteiger partial charge < -0.3 is 0 Å². The summed E-state index contributed by atoms with van der Waals surface area (Å²) in [7, 11) is -3.42. The summed E-state index contributed by atoms with van der Waals surface area (Å²) in [6, 6.07) is 0. The Balaban J connectivity index is 2.57. The van der Waals surface area contributed by atoms with Crippen molar-refractivity contribution in [3.63, 3.8) is 0 Å². The maximum atomic E-state index is 11.8. The molecule has 0 bridgehead atoms. The van der Waals surface area contributed by atoms with Gasteiger partial charge in [0.2, 0.25) is 0 Å². The zero-order chi connectivity index (χ0) is 14.7. The van der Waals surface area contributed by atoms with Crippen LogP contribution in [0.4, 0.5) is 0 Å². The minimum atomic E-state index is -3.42. The largest absolute Gasteiger partial charge is 0.225 e. The fourth-order valence-electron chi connectivity index (χ4n) is 2.04. The molecular weight excluding hydrogens is 292 g/mol. The van der Waals surface area contributed by atoms with Gasteiger partial charge in [0.25, 0.3) is 0 Å². The van der Waals surface area contributed by atoms with Gasteiger partial charge in [-0.3, -0.25) is 0 Å². The Labute approximate surface area is 128 Å². The molecule has 0 amide bonds. The first-order chi connectivity index (χ1) is 9.63. The van der Waals surface area contributed by atoms with Gasteiger partial charge in [-0.05, 0) is 12.8 Å². The predicted molar refractivity (Wildman–Crippen MR) is 85.1 cm³/mol. The molecule has 1 aliphatic rings. The van der Waals surface area contributed by atoms with Gasteiger partial charge >= 0.3 is 0 Å². The quantitative estimate of drug-likeness (QED) is 0.502. The maximum Gasteiger partial charge on any atom is 0.196 e. The average Bonchev–Trinajstić information content (AvgIpc) is 2.42. The number of sulfone groups is 1. The van der Waals surface area contributed by atoms with Crippen LogP contribution in [0.1, 0.15) is 64.2 Å². The van der Waals surface area contributed by atoms with Crippen LogP contribution in [0.5, 0.6) is 0 Å². The molecule has 0 spiro atoms. The van der Waals surface area contributed by atoms with Crippen molar-refractivity contribution < 1.29 is 8.42 Å². The van der Waals surface area contributed by atoms with E-state index in [9.17, 15) is 8.42 Å². The lowest BCUT2D eigenvalue weighted by atomic mass is 10.1. The molecule has 0 aromatic rings. The van der Waals surface area contributed by atoms with E-state index >= 15 is 0 Å². The van der Waals surface area contributed by atoms with E-state index in [4.69, 9.17) is 11.6 Å². The fourth-order valence-corrected chi connectivity index (χ4v) is 3.02. The van der Waals surface area contributed by atoms with Crippen LogP contribution in [0.3, 0.4) is 0 Å². The van der Waals surface area contributed by atoms with Crippen molar-refractivity contribution >= 4 is 21.4 Å². The van der Waals surface area contributed by atoms with Crippen molar-refractivity contribution in [1.82, 2.24) is 0 Å². The van der Waals surface area contributed by atoms with Crippen LogP contribution >= 0.6 is 11.6 Å². The minimum absolute atomic E-state index is 0.185. The van der Waals surface area contributed by atoms with Crippen LogP contribution in [0.2, 0.25) is 0 Å². The van der Waals surface area contributed by atoms with Crippen molar-refractivity contribution in [2.45, 2.75) is 68.9 Å². The highest BCUT2D eigenvalue weighted by atomic mass is 35.5. The molecule has 0 aromatic carbocycles. The Bertz CT molecular complexity index is 488. The Morgan fingerprint density at radius 2 is 1.25 bits per heavy atom. The lowest BCUT2D eigenvalue weighted by molar-refractivity contribution is 0.573. The first-order valence-corrected chi connectivity index (χ1v) is 9.58. The summed E-state index contributed by atoms with van der Waals surface area (Å²) in [6.07, 6.45) is 11.0. The van der Waals surface area contributed by atoms with Crippen LogP contribution in [0, 0.1) is 23.7 Å². The number of alkyl halides is 1. The molecular formula is C16H23ClO2S. The van der Waals surface area contributed by atoms with Crippen LogP contribution in [-0.2, 0) is 9.84 Å². The van der Waals surface area contributed by atoms with Crippen molar-refractivity contribution in [3.8, 4) is 23.7 Å². The molecule has 1 atom stereocenters. The molecule has 20 heavy (non-hydrogen) atoms. The lowest BCUT2D eigenvalue weighted by Crippen LogP contribution is -2.16. The van der Waals surface area contributed by atoms with Crippen LogP contribution in [0.15, 0.2) is 0 Å². The summed E-state index contributed by atoms with van der Waals surface area (Å²) in [5, 5.41) is 0. The molecule has 0 fully saturated rings. The highest BCUT2D eigenvalue weighted by molar-refractivity contribution is 7.93. The molecule has 4 heteroatoms. The topological polar surface area (TPSA) is 34.1 Å². The highest BCUT2D eigenvalue weighted by Crippen LogP contribution is 2.11. The number of hydrogen-bond donors (Lipinski definition) is 0. The van der Waals surface area contributed by atoms with E-state index < -0.39 is 14.5 Å². The number of hydrogen-bond acceptors (Lipinski definition) is 2. The zero-order valence-electron chi connectivity index (χ0n) is 12.0. The normalized spacial score (nSPS) is 25.4. The summed E-state index contributed by atoms with van der Waals surface area (Å²) in [5.41, 5.74) is 0. The molecule has 0 aromatic heterocycles. The Morgan fingerprint density at radius 1 is 0.750 bits per heavy atom. The molecule has 0 aliphatic carbocycles. The van der Waals surface area contributed by atoms with Gasteiger partial charge in [0.1, 0.15) is 5.75 Å². The van der Waals surface area contributed by atoms with Crippen LogP contribution in [-0.4, -0.2) is 18.9 Å². The molecule has 112 valence electrons. The smallest absolute Gasteiger partial charge is 0.196 e. The van der Waals surface area contributed by atoms with E-state index in [1.165, 1.54) is 32.1 Å². The predicted octanol–water partition coefficient (Wildman–Crippen LogP) is 3.89. The van der Waals surface area contributed by atoms with Gasteiger partial charge in [-0.1, -0.05) is 62.0 Å². The first-order valence-electron chi connectivity index (χ1n) is 7.43. The Kier molecular flexibility index (Phi) is 8.83. The molecule has 0 saturated heterocycles. The number of halogens is 1. The molecule has 0 radical (unpaired) electrons. The number of rotatable bonds is 0. The molecule has 1 heterocycles. The van der Waals surface area contributed by atoms with E-state index in [1.807, 2.05) is 0 Å². The second kappa shape index (κ2) is 10.1. The van der Waals surface area contributed by atoms with E-state index in [0.29, 0.717) is 0 Å². The Morgan fingerprint density at radius 3 is 1.85 bits per heavy atom. The van der Waals surface area contributed by atoms with Gasteiger partial charge in [-0.15, -0.1) is 11.8 Å². The molecule has 0 saturated carbocycles. The molecule has 0 N–H and O–H groups in total. The standard InChI is InChI=1S/C16H23ClO2S/c17-16-14-12-10-8-6-4-2-1-3-5-7-9-11-13-15-20(16,18)19/h16H,1-10,15H2. The molecule has 1 rings (SSSR count). The van der Waals surface area contributed by atoms with Crippen molar-refractivity contribution in [2.24, 2.45) is 0 Å². The fraction of sp³-hybridized carbons (Fsp3) is 0.750. The molecule has 1 unspecified atom stereocenters. The van der Waals surface area contributed by atoms with Gasteiger partial charge in [0.15, 0.2) is 14.5 Å². The summed E-state index contributed by atoms with van der Waals surface area (Å²) in [4.78, 5) is 0. The van der Waals surface area contributed by atoms with Gasteiger partial charge in [0, 0.05) is 12.8 Å². The second-order valence-electron chi connectivity index (χ2n) is 5.13. The average molecular weight is 315 g/mol. The van der Waals surface area contributed by atoms with Crippen molar-refractivity contribution in [3.05, 3.63) is 0 Å². The summed E-state index contributed by atoms with van der Waals surface area (Å²) < 4.78 is 22.5. The zero-order valence-corrected chi connectivity index (χ0v) is 13.5. The third kappa shape index (κ3) is 7.83. The van der Waals surface area contributed by atoms with E-state index in [2.05, 4.69) is 23.7 Å². The lowest BCUT2D eigenvalue weighted by Gasteiger charge is -2.00. The van der Waals surface area contributed by atoms with E-state index in [1.54, 1.807) is 0 Å². The van der Waals surface area contributed by atoms with Gasteiger partial charge in [-0.25, -0.2) is 8.42 Å². The monoisotopic (exact) mass is 314 g/mol. The highest BCUT2D eigenvalue weighted by Gasteiger charge is 2.19. The summed E-state index contributed by atoms with van der Waals surface area (Å²) in [6.45, 7) is 0. The van der Waals surface area contributed by atoms with Crippen LogP contribution in [0.25, 0.3) is 0 Å². The van der Waals surface area contributed by atoms with Crippen molar-refractivity contribution in [2.75, 3.05) is 5.75 Å². The van der Waals surface area contributed by atoms with Gasteiger partial charge in [0.05, 0.1) is 0 Å². The molecule has 1 aliphatic heterocycles. The van der Waals surface area contributed by atoms with E-state index in [0.717, 1.165) is 32.1 Å². The summed E-state index contributed by atoms with van der Waals surface area (Å²) >= 11 is 5.83. The SMILES string of the molecule is O=S1(=O)CC#CCCCCCCCCCCC#CC1Cl. The van der Waals surface area contributed by atoms with Crippen molar-refractivity contribution in [1.29, 1.82) is 0 Å². The summed E-state index contributed by atoms with van der Waals surface area (Å²) in [5.74, 6) is 10.9. The third-order valence-electron chi connectivity index (χ3n) is 3.28. The third-order valence-corrected chi connectivity index (χ3v) is 5.50. The van der Waals surface area contributed by atoms with Gasteiger partial charge in [-0.2, -0.15) is 0 Å². The van der Waals surface area contributed by atoms with E-state index in [-0.39, 0.29) is 5.75 Å². The molecule has 2 nitrogen and oxygen atoms in total. The first kappa shape index (κ1) is 17.4.